The molecule has 0 bridgehead atoms. The summed E-state index contributed by atoms with van der Waals surface area (Å²) < 4.78 is 0. The third kappa shape index (κ3) is 2.17. The van der Waals surface area contributed by atoms with Crippen LogP contribution in [0.2, 0.25) is 0 Å². The molecule has 100 valence electrons. The van der Waals surface area contributed by atoms with Crippen molar-refractivity contribution in [3.63, 3.8) is 0 Å². The highest BCUT2D eigenvalue weighted by molar-refractivity contribution is 7.14. The number of carbonyl (C=O) groups excluding carboxylic acids is 2. The van der Waals surface area contributed by atoms with Crippen LogP contribution in [-0.2, 0) is 0 Å². The van der Waals surface area contributed by atoms with E-state index in [2.05, 4.69) is 10.3 Å². The second-order valence-corrected chi connectivity index (χ2v) is 5.18. The molecule has 0 unspecified atom stereocenters. The first kappa shape index (κ1) is 12.4. The molecule has 0 fully saturated rings. The van der Waals surface area contributed by atoms with Gasteiger partial charge in [0.05, 0.1) is 5.56 Å². The Hall–Kier alpha value is -2.60. The molecule has 3 aromatic rings. The monoisotopic (exact) mass is 285 g/mol. The minimum Gasteiger partial charge on any atom is -0.366 e. The van der Waals surface area contributed by atoms with Gasteiger partial charge < -0.3 is 16.0 Å². The van der Waals surface area contributed by atoms with E-state index in [4.69, 9.17) is 5.73 Å². The molecule has 0 aliphatic rings. The highest BCUT2D eigenvalue weighted by atomic mass is 32.1. The second-order valence-electron chi connectivity index (χ2n) is 4.26. The van der Waals surface area contributed by atoms with E-state index in [9.17, 15) is 9.59 Å². The van der Waals surface area contributed by atoms with Gasteiger partial charge in [-0.1, -0.05) is 6.07 Å². The van der Waals surface area contributed by atoms with Crippen LogP contribution in [0.15, 0.2) is 41.9 Å². The van der Waals surface area contributed by atoms with Crippen LogP contribution in [0.3, 0.4) is 0 Å². The number of benzene rings is 1. The Morgan fingerprint density at radius 3 is 2.85 bits per heavy atom. The molecular formula is C14H11N3O2S. The van der Waals surface area contributed by atoms with Crippen LogP contribution in [0.25, 0.3) is 10.9 Å². The molecular weight excluding hydrogens is 274 g/mol. The first-order valence-electron chi connectivity index (χ1n) is 5.91. The Bertz CT molecular complexity index is 803. The molecule has 6 heteroatoms. The van der Waals surface area contributed by atoms with E-state index in [1.807, 2.05) is 18.3 Å². The van der Waals surface area contributed by atoms with Gasteiger partial charge in [-0.3, -0.25) is 9.59 Å². The Morgan fingerprint density at radius 2 is 2.05 bits per heavy atom. The molecule has 1 aromatic carbocycles. The van der Waals surface area contributed by atoms with Crippen molar-refractivity contribution < 1.29 is 9.59 Å². The van der Waals surface area contributed by atoms with E-state index in [0.29, 0.717) is 16.1 Å². The average molecular weight is 285 g/mol. The number of fused-ring (bicyclic) bond motifs is 1. The summed E-state index contributed by atoms with van der Waals surface area (Å²) in [6.07, 6.45) is 1.82. The number of nitrogens with one attached hydrogen (secondary N) is 2. The van der Waals surface area contributed by atoms with Crippen molar-refractivity contribution in [1.82, 2.24) is 4.98 Å². The van der Waals surface area contributed by atoms with Gasteiger partial charge in [0.15, 0.2) is 0 Å². The standard InChI is InChI=1S/C14H11N3O2S/c15-12(18)10-4-6-20-14(10)17-13(19)9-2-1-8-3-5-16-11(8)7-9/h1-7,16H,(H2,15,18)(H,17,19). The van der Waals surface area contributed by atoms with Crippen molar-refractivity contribution in [2.45, 2.75) is 0 Å². The van der Waals surface area contributed by atoms with Crippen LogP contribution in [-0.4, -0.2) is 16.8 Å². The molecule has 0 saturated carbocycles. The van der Waals surface area contributed by atoms with Crippen molar-refractivity contribution in [2.75, 3.05) is 5.32 Å². The zero-order valence-corrected chi connectivity index (χ0v) is 11.2. The lowest BCUT2D eigenvalue weighted by Gasteiger charge is -2.04. The van der Waals surface area contributed by atoms with Crippen molar-refractivity contribution in [2.24, 2.45) is 5.73 Å². The maximum Gasteiger partial charge on any atom is 0.256 e. The van der Waals surface area contributed by atoms with E-state index >= 15 is 0 Å². The summed E-state index contributed by atoms with van der Waals surface area (Å²) >= 11 is 1.27. The van der Waals surface area contributed by atoms with Gasteiger partial charge in [0.25, 0.3) is 11.8 Å². The summed E-state index contributed by atoms with van der Waals surface area (Å²) in [5.74, 6) is -0.826. The van der Waals surface area contributed by atoms with Gasteiger partial charge in [-0.2, -0.15) is 0 Å². The highest BCUT2D eigenvalue weighted by Crippen LogP contribution is 2.24. The predicted octanol–water partition coefficient (Wildman–Crippen LogP) is 2.58. The number of hydrogen-bond acceptors (Lipinski definition) is 3. The summed E-state index contributed by atoms with van der Waals surface area (Å²) in [5, 5.41) is 5.93. The number of anilines is 1. The normalized spacial score (nSPS) is 10.6. The zero-order valence-electron chi connectivity index (χ0n) is 10.3. The van der Waals surface area contributed by atoms with Crippen LogP contribution in [0.5, 0.6) is 0 Å². The fourth-order valence-corrected chi connectivity index (χ4v) is 2.75. The lowest BCUT2D eigenvalue weighted by Crippen LogP contribution is -2.16. The Labute approximate surface area is 118 Å². The predicted molar refractivity (Wildman–Crippen MR) is 79.1 cm³/mol. The van der Waals surface area contributed by atoms with Crippen molar-refractivity contribution in [3.05, 3.63) is 53.0 Å². The number of amides is 2. The van der Waals surface area contributed by atoms with Gasteiger partial charge in [0, 0.05) is 17.3 Å². The minimum absolute atomic E-state index is 0.272. The van der Waals surface area contributed by atoms with Gasteiger partial charge in [-0.25, -0.2) is 0 Å². The number of thiophene rings is 1. The molecule has 3 rings (SSSR count). The quantitative estimate of drug-likeness (QED) is 0.690. The van der Waals surface area contributed by atoms with Crippen LogP contribution in [0, 0.1) is 0 Å². The van der Waals surface area contributed by atoms with Crippen LogP contribution < -0.4 is 11.1 Å². The van der Waals surface area contributed by atoms with Crippen molar-refractivity contribution in [3.8, 4) is 0 Å². The molecule has 20 heavy (non-hydrogen) atoms. The van der Waals surface area contributed by atoms with E-state index in [1.165, 1.54) is 11.3 Å². The van der Waals surface area contributed by atoms with Gasteiger partial charge in [-0.15, -0.1) is 11.3 Å². The summed E-state index contributed by atoms with van der Waals surface area (Å²) in [7, 11) is 0. The molecule has 4 N–H and O–H groups in total. The molecule has 2 aromatic heterocycles. The van der Waals surface area contributed by atoms with E-state index < -0.39 is 5.91 Å². The third-order valence-electron chi connectivity index (χ3n) is 2.97. The number of rotatable bonds is 3. The average Bonchev–Trinajstić information content (AvgIpc) is 3.05. The number of primary amides is 1. The van der Waals surface area contributed by atoms with Crippen molar-refractivity contribution >= 4 is 39.1 Å². The fourth-order valence-electron chi connectivity index (χ4n) is 1.96. The van der Waals surface area contributed by atoms with Crippen LogP contribution in [0.1, 0.15) is 20.7 Å². The summed E-state index contributed by atoms with van der Waals surface area (Å²) in [5.41, 5.74) is 6.97. The lowest BCUT2D eigenvalue weighted by molar-refractivity contribution is 0.100. The number of aromatic nitrogens is 1. The molecule has 0 aliphatic carbocycles. The topological polar surface area (TPSA) is 88.0 Å². The number of hydrogen-bond donors (Lipinski definition) is 3. The van der Waals surface area contributed by atoms with Crippen LogP contribution >= 0.6 is 11.3 Å². The molecule has 5 nitrogen and oxygen atoms in total. The Balaban J connectivity index is 1.88. The summed E-state index contributed by atoms with van der Waals surface area (Å²) in [6, 6.07) is 8.90. The fraction of sp³-hybridized carbons (Fsp3) is 0. The number of carbonyl (C=O) groups is 2. The Kier molecular flexibility index (Phi) is 3.00. The van der Waals surface area contributed by atoms with Gasteiger partial charge in [0.2, 0.25) is 0 Å². The third-order valence-corrected chi connectivity index (χ3v) is 3.80. The highest BCUT2D eigenvalue weighted by Gasteiger charge is 2.14. The van der Waals surface area contributed by atoms with Gasteiger partial charge in [-0.05, 0) is 35.0 Å². The first-order valence-corrected chi connectivity index (χ1v) is 6.79. The first-order chi connectivity index (χ1) is 9.65. The maximum absolute atomic E-state index is 12.2. The second kappa shape index (κ2) is 4.82. The number of nitrogens with two attached hydrogens (primary N) is 1. The lowest BCUT2D eigenvalue weighted by atomic mass is 10.1. The zero-order chi connectivity index (χ0) is 14.1. The molecule has 0 spiro atoms. The smallest absolute Gasteiger partial charge is 0.256 e. The largest absolute Gasteiger partial charge is 0.366 e. The molecule has 0 aliphatic heterocycles. The molecule has 0 radical (unpaired) electrons. The molecule has 0 atom stereocenters. The summed E-state index contributed by atoms with van der Waals surface area (Å²) in [6.45, 7) is 0. The Morgan fingerprint density at radius 1 is 1.20 bits per heavy atom. The maximum atomic E-state index is 12.2. The van der Waals surface area contributed by atoms with E-state index in [1.54, 1.807) is 23.6 Å². The van der Waals surface area contributed by atoms with Gasteiger partial charge in [0.1, 0.15) is 5.00 Å². The summed E-state index contributed by atoms with van der Waals surface area (Å²) in [4.78, 5) is 26.4. The number of H-pyrrole nitrogens is 1. The van der Waals surface area contributed by atoms with Crippen molar-refractivity contribution in [1.29, 1.82) is 0 Å². The SMILES string of the molecule is NC(=O)c1ccsc1NC(=O)c1ccc2cc[nH]c2c1. The van der Waals surface area contributed by atoms with E-state index in [-0.39, 0.29) is 5.91 Å². The van der Waals surface area contributed by atoms with E-state index in [0.717, 1.165) is 10.9 Å². The number of aromatic amines is 1. The molecule has 2 heterocycles. The molecule has 2 amide bonds. The molecule has 0 saturated heterocycles. The van der Waals surface area contributed by atoms with Gasteiger partial charge >= 0.3 is 0 Å². The minimum atomic E-state index is -0.554. The van der Waals surface area contributed by atoms with Crippen LogP contribution in [0.4, 0.5) is 5.00 Å².